The van der Waals surface area contributed by atoms with Gasteiger partial charge in [0, 0.05) is 11.8 Å². The molecule has 2 rings (SSSR count). The summed E-state index contributed by atoms with van der Waals surface area (Å²) in [5.41, 5.74) is 1.49. The monoisotopic (exact) mass is 295 g/mol. The molecule has 6 heteroatoms. The molecule has 0 fully saturated rings. The summed E-state index contributed by atoms with van der Waals surface area (Å²) < 4.78 is 37.6. The Morgan fingerprint density at radius 1 is 1.28 bits per heavy atom. The van der Waals surface area contributed by atoms with E-state index in [2.05, 4.69) is 4.98 Å². The Hall–Kier alpha value is -0.740. The molecule has 1 aromatic heterocycles. The second-order valence-electron chi connectivity index (χ2n) is 4.23. The molecule has 98 valence electrons. The van der Waals surface area contributed by atoms with Crippen molar-refractivity contribution in [2.45, 2.75) is 25.4 Å². The van der Waals surface area contributed by atoms with Crippen LogP contribution in [0, 0.1) is 5.92 Å². The molecule has 1 heterocycles. The topological polar surface area (TPSA) is 12.9 Å². The minimum absolute atomic E-state index is 0.00486. The number of allylic oxidation sites excluding steroid dienone is 2. The number of alkyl halides is 3. The Kier molecular flexibility index (Phi) is 3.87. The molecule has 0 amide bonds. The van der Waals surface area contributed by atoms with Crippen LogP contribution in [0.4, 0.5) is 13.2 Å². The molecule has 0 bridgehead atoms. The van der Waals surface area contributed by atoms with Crippen LogP contribution in [0.25, 0.3) is 5.57 Å². The van der Waals surface area contributed by atoms with E-state index in [0.717, 1.165) is 5.57 Å². The average molecular weight is 296 g/mol. The first kappa shape index (κ1) is 13.7. The maximum Gasteiger partial charge on any atom is 0.392 e. The summed E-state index contributed by atoms with van der Waals surface area (Å²) in [5, 5.41) is 0.698. The molecule has 0 N–H and O–H groups in total. The maximum absolute atomic E-state index is 12.5. The smallest absolute Gasteiger partial charge is 0.243 e. The molecule has 1 aliphatic rings. The van der Waals surface area contributed by atoms with Crippen molar-refractivity contribution < 1.29 is 13.2 Å². The quantitative estimate of drug-likeness (QED) is 0.654. The molecular weight excluding hydrogens is 286 g/mol. The first-order valence-electron chi connectivity index (χ1n) is 5.45. The van der Waals surface area contributed by atoms with Crippen LogP contribution in [0.3, 0.4) is 0 Å². The average Bonchev–Trinajstić information content (AvgIpc) is 2.31. The number of aromatic nitrogens is 1. The fraction of sp³-hybridized carbons (Fsp3) is 0.417. The predicted octanol–water partition coefficient (Wildman–Crippen LogP) is 5.13. The number of rotatable bonds is 1. The lowest BCUT2D eigenvalue weighted by molar-refractivity contribution is -0.175. The lowest BCUT2D eigenvalue weighted by atomic mass is 9.86. The van der Waals surface area contributed by atoms with Crippen LogP contribution in [-0.2, 0) is 0 Å². The van der Waals surface area contributed by atoms with Gasteiger partial charge in [-0.3, -0.25) is 0 Å². The van der Waals surface area contributed by atoms with Gasteiger partial charge < -0.3 is 0 Å². The summed E-state index contributed by atoms with van der Waals surface area (Å²) in [7, 11) is 0. The van der Waals surface area contributed by atoms with E-state index in [4.69, 9.17) is 23.2 Å². The van der Waals surface area contributed by atoms with Crippen molar-refractivity contribution in [1.29, 1.82) is 0 Å². The molecule has 1 aliphatic carbocycles. The molecule has 18 heavy (non-hydrogen) atoms. The summed E-state index contributed by atoms with van der Waals surface area (Å²) in [6.07, 6.45) is -0.679. The van der Waals surface area contributed by atoms with E-state index in [1.165, 1.54) is 6.20 Å². The second kappa shape index (κ2) is 5.10. The lowest BCUT2D eigenvalue weighted by Crippen LogP contribution is -2.24. The van der Waals surface area contributed by atoms with Crippen molar-refractivity contribution in [3.8, 4) is 0 Å². The highest BCUT2D eigenvalue weighted by Gasteiger charge is 2.39. The van der Waals surface area contributed by atoms with Crippen molar-refractivity contribution in [3.05, 3.63) is 34.1 Å². The van der Waals surface area contributed by atoms with Crippen molar-refractivity contribution >= 4 is 28.8 Å². The molecule has 1 atom stereocenters. The second-order valence-corrected chi connectivity index (χ2v) is 5.02. The Morgan fingerprint density at radius 3 is 2.56 bits per heavy atom. The van der Waals surface area contributed by atoms with Gasteiger partial charge >= 0.3 is 6.18 Å². The minimum atomic E-state index is -4.12. The standard InChI is InChI=1S/C12H10Cl2F3N/c13-10-6-18-11(14)5-9(10)7-1-3-8(4-2-7)12(15,16)17/h1,5-6,8H,2-4H2. The summed E-state index contributed by atoms with van der Waals surface area (Å²) in [6, 6.07) is 1.59. The first-order valence-corrected chi connectivity index (χ1v) is 6.20. The van der Waals surface area contributed by atoms with E-state index in [1.807, 2.05) is 0 Å². The van der Waals surface area contributed by atoms with Gasteiger partial charge in [-0.15, -0.1) is 0 Å². The molecule has 0 aromatic carbocycles. The van der Waals surface area contributed by atoms with E-state index in [0.29, 0.717) is 17.0 Å². The third-order valence-corrected chi connectivity index (χ3v) is 3.55. The number of nitrogens with zero attached hydrogens (tertiary/aromatic N) is 1. The van der Waals surface area contributed by atoms with Crippen molar-refractivity contribution in [2.75, 3.05) is 0 Å². The van der Waals surface area contributed by atoms with Crippen LogP contribution >= 0.6 is 23.2 Å². The number of hydrogen-bond acceptors (Lipinski definition) is 1. The first-order chi connectivity index (χ1) is 8.38. The van der Waals surface area contributed by atoms with Crippen molar-refractivity contribution in [1.82, 2.24) is 4.98 Å². The Labute approximate surface area is 113 Å². The molecule has 1 aromatic rings. The third kappa shape index (κ3) is 2.98. The van der Waals surface area contributed by atoms with E-state index in [1.54, 1.807) is 12.1 Å². The van der Waals surface area contributed by atoms with Gasteiger partial charge in [0.2, 0.25) is 0 Å². The van der Waals surface area contributed by atoms with E-state index < -0.39 is 12.1 Å². The Balaban J connectivity index is 2.22. The van der Waals surface area contributed by atoms with Crippen LogP contribution in [0.15, 0.2) is 18.3 Å². The summed E-state index contributed by atoms with van der Waals surface area (Å²) in [4.78, 5) is 3.81. The molecule has 0 saturated carbocycles. The number of hydrogen-bond donors (Lipinski definition) is 0. The van der Waals surface area contributed by atoms with Crippen LogP contribution in [0.5, 0.6) is 0 Å². The molecule has 0 spiro atoms. The fourth-order valence-corrected chi connectivity index (χ4v) is 2.42. The molecular formula is C12H10Cl2F3N. The number of halogens is 5. The summed E-state index contributed by atoms with van der Waals surface area (Å²) in [6.45, 7) is 0. The Morgan fingerprint density at radius 2 is 2.00 bits per heavy atom. The zero-order valence-corrected chi connectivity index (χ0v) is 10.8. The highest BCUT2D eigenvalue weighted by atomic mass is 35.5. The summed E-state index contributed by atoms with van der Waals surface area (Å²) >= 11 is 11.7. The third-order valence-electron chi connectivity index (χ3n) is 3.04. The summed E-state index contributed by atoms with van der Waals surface area (Å²) in [5.74, 6) is -1.25. The highest BCUT2D eigenvalue weighted by Crippen LogP contribution is 2.40. The van der Waals surface area contributed by atoms with Crippen LogP contribution in [0.1, 0.15) is 24.8 Å². The fourth-order valence-electron chi connectivity index (χ4n) is 2.04. The van der Waals surface area contributed by atoms with Gasteiger partial charge in [-0.05, 0) is 30.9 Å². The SMILES string of the molecule is FC(F)(F)C1CC=C(c2cc(Cl)ncc2Cl)CC1. The van der Waals surface area contributed by atoms with Crippen LogP contribution < -0.4 is 0 Å². The van der Waals surface area contributed by atoms with E-state index >= 15 is 0 Å². The maximum atomic E-state index is 12.5. The molecule has 1 nitrogen and oxygen atoms in total. The Bertz CT molecular complexity index is 483. The van der Waals surface area contributed by atoms with Gasteiger partial charge in [-0.2, -0.15) is 13.2 Å². The van der Waals surface area contributed by atoms with Crippen molar-refractivity contribution in [3.63, 3.8) is 0 Å². The van der Waals surface area contributed by atoms with Gasteiger partial charge in [0.15, 0.2) is 0 Å². The zero-order valence-electron chi connectivity index (χ0n) is 9.27. The van der Waals surface area contributed by atoms with E-state index in [-0.39, 0.29) is 18.0 Å². The molecule has 0 radical (unpaired) electrons. The highest BCUT2D eigenvalue weighted by molar-refractivity contribution is 6.33. The van der Waals surface area contributed by atoms with Gasteiger partial charge in [0.1, 0.15) is 5.15 Å². The van der Waals surface area contributed by atoms with Gasteiger partial charge in [0.05, 0.1) is 10.9 Å². The van der Waals surface area contributed by atoms with Gasteiger partial charge in [-0.1, -0.05) is 29.3 Å². The molecule has 0 saturated heterocycles. The minimum Gasteiger partial charge on any atom is -0.243 e. The van der Waals surface area contributed by atoms with Crippen LogP contribution in [0.2, 0.25) is 10.2 Å². The van der Waals surface area contributed by atoms with Gasteiger partial charge in [0.25, 0.3) is 0 Å². The molecule has 0 aliphatic heterocycles. The number of pyridine rings is 1. The zero-order chi connectivity index (χ0) is 13.3. The van der Waals surface area contributed by atoms with Gasteiger partial charge in [-0.25, -0.2) is 4.98 Å². The van der Waals surface area contributed by atoms with Crippen molar-refractivity contribution in [2.24, 2.45) is 5.92 Å². The largest absolute Gasteiger partial charge is 0.392 e. The van der Waals surface area contributed by atoms with Crippen LogP contribution in [-0.4, -0.2) is 11.2 Å². The van der Waals surface area contributed by atoms with E-state index in [9.17, 15) is 13.2 Å². The normalized spacial score (nSPS) is 20.7. The molecule has 1 unspecified atom stereocenters. The lowest BCUT2D eigenvalue weighted by Gasteiger charge is -2.24. The predicted molar refractivity (Wildman–Crippen MR) is 65.6 cm³/mol.